The van der Waals surface area contributed by atoms with E-state index in [4.69, 9.17) is 11.6 Å². The predicted octanol–water partition coefficient (Wildman–Crippen LogP) is 7.84. The van der Waals surface area contributed by atoms with Gasteiger partial charge in [-0.3, -0.25) is 24.1 Å². The predicted molar refractivity (Wildman–Crippen MR) is 186 cm³/mol. The molecular weight excluding hydrogens is 690 g/mol. The molecule has 2 amide bonds. The Labute approximate surface area is 290 Å². The molecule has 2 fully saturated rings. The van der Waals surface area contributed by atoms with Gasteiger partial charge in [0.25, 0.3) is 0 Å². The second-order valence-corrected chi connectivity index (χ2v) is 14.3. The summed E-state index contributed by atoms with van der Waals surface area (Å²) in [5.41, 5.74) is 1.82. The van der Waals surface area contributed by atoms with E-state index in [1.807, 2.05) is 66.7 Å². The zero-order chi connectivity index (χ0) is 33.3. The first-order valence-electron chi connectivity index (χ1n) is 15.9. The van der Waals surface area contributed by atoms with Gasteiger partial charge in [-0.25, -0.2) is 0 Å². The fourth-order valence-electron chi connectivity index (χ4n) is 8.82. The number of allylic oxidation sites excluding steroid dienone is 4. The fraction of sp³-hybridized carbons (Fsp3) is 0.200. The van der Waals surface area contributed by atoms with Crippen molar-refractivity contribution in [1.29, 1.82) is 0 Å². The number of nitrogens with zero attached hydrogens (tertiary/aromatic N) is 1. The van der Waals surface area contributed by atoms with Gasteiger partial charge in [-0.15, -0.1) is 0 Å². The van der Waals surface area contributed by atoms with Crippen LogP contribution in [0.3, 0.4) is 0 Å². The van der Waals surface area contributed by atoms with Gasteiger partial charge < -0.3 is 5.11 Å². The third-order valence-corrected chi connectivity index (χ3v) is 11.5. The standard InChI is InChI=1S/C40H29BrClNO5/c41-24-11-14-26(15-12-24)43-38(47)28-17-16-27-30(35(28)39(43)48)20-32-37(46)29(22-7-3-1-4-8-22)21-34(45)40(32,23-9-5-2-6-10-23)36(27)31-19-25(42)13-18-33(31)44/h1-16,18-19,21,28,30,32,35-36,44H,17,20H2/t28-,30+,32-,35-,36+,40-/m0/s1. The first kappa shape index (κ1) is 30.7. The molecule has 3 aliphatic carbocycles. The second kappa shape index (κ2) is 11.5. The molecule has 1 heterocycles. The fourth-order valence-corrected chi connectivity index (χ4v) is 9.26. The number of carbonyl (C=O) groups excluding carboxylic acids is 4. The van der Waals surface area contributed by atoms with Crippen LogP contribution in [0.5, 0.6) is 5.75 Å². The molecule has 1 saturated heterocycles. The van der Waals surface area contributed by atoms with E-state index < -0.39 is 35.0 Å². The molecule has 0 aromatic heterocycles. The van der Waals surface area contributed by atoms with E-state index in [0.717, 1.165) is 10.0 Å². The van der Waals surface area contributed by atoms with E-state index in [1.54, 1.807) is 36.4 Å². The molecule has 6 atom stereocenters. The number of rotatable bonds is 4. The molecule has 0 spiro atoms. The average Bonchev–Trinajstić information content (AvgIpc) is 3.36. The summed E-state index contributed by atoms with van der Waals surface area (Å²) in [7, 11) is 0. The van der Waals surface area contributed by atoms with Crippen molar-refractivity contribution in [3.63, 3.8) is 0 Å². The number of aromatic hydroxyl groups is 1. The Morgan fingerprint density at radius 1 is 0.812 bits per heavy atom. The van der Waals surface area contributed by atoms with Crippen molar-refractivity contribution in [2.45, 2.75) is 24.2 Å². The number of halogens is 2. The minimum atomic E-state index is -1.44. The summed E-state index contributed by atoms with van der Waals surface area (Å²) in [5, 5.41) is 11.8. The molecule has 0 radical (unpaired) electrons. The molecule has 1 N–H and O–H groups in total. The van der Waals surface area contributed by atoms with Crippen molar-refractivity contribution in [2.75, 3.05) is 4.90 Å². The normalized spacial score (nSPS) is 28.0. The second-order valence-electron chi connectivity index (χ2n) is 13.0. The Bertz CT molecular complexity index is 2080. The molecule has 0 unspecified atom stereocenters. The van der Waals surface area contributed by atoms with Crippen LogP contribution in [0.15, 0.2) is 125 Å². The molecule has 48 heavy (non-hydrogen) atoms. The number of benzene rings is 4. The maximum Gasteiger partial charge on any atom is 0.238 e. The molecule has 1 saturated carbocycles. The SMILES string of the molecule is O=C1C(c2ccccc2)=CC(=O)[C@@]2(c3ccccc3)[C@@H](c3cc(Cl)ccc3O)C3=CC[C@@H]4C(=O)N(c5ccc(Br)cc5)C(=O)[C@@H]4[C@@H]3C[C@@H]12. The van der Waals surface area contributed by atoms with Gasteiger partial charge in [-0.05, 0) is 78.4 Å². The van der Waals surface area contributed by atoms with Crippen LogP contribution in [-0.4, -0.2) is 28.5 Å². The molecule has 8 rings (SSSR count). The van der Waals surface area contributed by atoms with Crippen LogP contribution in [-0.2, 0) is 24.6 Å². The summed E-state index contributed by atoms with van der Waals surface area (Å²) in [6.07, 6.45) is 3.90. The van der Waals surface area contributed by atoms with Gasteiger partial charge in [0.15, 0.2) is 11.6 Å². The average molecular weight is 719 g/mol. The van der Waals surface area contributed by atoms with Crippen molar-refractivity contribution in [2.24, 2.45) is 23.7 Å². The van der Waals surface area contributed by atoms with Crippen LogP contribution < -0.4 is 4.90 Å². The third-order valence-electron chi connectivity index (χ3n) is 10.8. The van der Waals surface area contributed by atoms with Crippen molar-refractivity contribution in [1.82, 2.24) is 0 Å². The summed E-state index contributed by atoms with van der Waals surface area (Å²) in [6, 6.07) is 30.2. The lowest BCUT2D eigenvalue weighted by Crippen LogP contribution is -2.58. The maximum absolute atomic E-state index is 15.0. The first-order valence-corrected chi connectivity index (χ1v) is 17.1. The summed E-state index contributed by atoms with van der Waals surface area (Å²) < 4.78 is 0.822. The van der Waals surface area contributed by atoms with Crippen LogP contribution in [0.25, 0.3) is 5.57 Å². The van der Waals surface area contributed by atoms with E-state index in [0.29, 0.717) is 33.0 Å². The third kappa shape index (κ3) is 4.44. The Morgan fingerprint density at radius 3 is 2.21 bits per heavy atom. The van der Waals surface area contributed by atoms with Gasteiger partial charge in [0.05, 0.1) is 22.9 Å². The Morgan fingerprint density at radius 2 is 1.50 bits per heavy atom. The quantitative estimate of drug-likeness (QED) is 0.172. The number of Topliss-reactive ketones (excluding diaryl/α,β-unsaturated/α-hetero) is 1. The highest BCUT2D eigenvalue weighted by Crippen LogP contribution is 2.64. The molecule has 4 aromatic carbocycles. The van der Waals surface area contributed by atoms with E-state index in [9.17, 15) is 19.5 Å². The van der Waals surface area contributed by atoms with E-state index in [1.165, 1.54) is 17.0 Å². The summed E-state index contributed by atoms with van der Waals surface area (Å²) in [4.78, 5) is 59.6. The van der Waals surface area contributed by atoms with E-state index in [2.05, 4.69) is 15.9 Å². The van der Waals surface area contributed by atoms with Crippen molar-refractivity contribution >= 4 is 62.2 Å². The van der Waals surface area contributed by atoms with Gasteiger partial charge in [0, 0.05) is 32.5 Å². The minimum absolute atomic E-state index is 0.0643. The number of amides is 2. The number of hydrogen-bond donors (Lipinski definition) is 1. The monoisotopic (exact) mass is 717 g/mol. The summed E-state index contributed by atoms with van der Waals surface area (Å²) >= 11 is 10.0. The van der Waals surface area contributed by atoms with Crippen molar-refractivity contribution in [3.8, 4) is 5.75 Å². The summed E-state index contributed by atoms with van der Waals surface area (Å²) in [6.45, 7) is 0. The van der Waals surface area contributed by atoms with Crippen LogP contribution in [0.4, 0.5) is 5.69 Å². The van der Waals surface area contributed by atoms with Gasteiger partial charge in [0.2, 0.25) is 11.8 Å². The van der Waals surface area contributed by atoms with Crippen LogP contribution in [0.2, 0.25) is 5.02 Å². The Balaban J connectivity index is 1.37. The first-order chi connectivity index (χ1) is 23.2. The van der Waals surface area contributed by atoms with Gasteiger partial charge in [-0.2, -0.15) is 0 Å². The number of hydrogen-bond acceptors (Lipinski definition) is 5. The molecule has 6 nitrogen and oxygen atoms in total. The van der Waals surface area contributed by atoms with E-state index >= 15 is 4.79 Å². The van der Waals surface area contributed by atoms with Gasteiger partial charge in [0.1, 0.15) is 5.75 Å². The highest BCUT2D eigenvalue weighted by Gasteiger charge is 2.66. The number of imide groups is 1. The maximum atomic E-state index is 15.0. The molecule has 4 aliphatic rings. The number of carbonyl (C=O) groups is 4. The highest BCUT2D eigenvalue weighted by molar-refractivity contribution is 9.10. The van der Waals surface area contributed by atoms with Crippen LogP contribution >= 0.6 is 27.5 Å². The van der Waals surface area contributed by atoms with Crippen LogP contribution in [0.1, 0.15) is 35.4 Å². The lowest BCUT2D eigenvalue weighted by Gasteiger charge is -2.55. The molecule has 1 aliphatic heterocycles. The van der Waals surface area contributed by atoms with E-state index in [-0.39, 0.29) is 42.0 Å². The molecular formula is C40H29BrClNO5. The van der Waals surface area contributed by atoms with Crippen molar-refractivity contribution < 1.29 is 24.3 Å². The lowest BCUT2D eigenvalue weighted by molar-refractivity contribution is -0.135. The number of phenols is 1. The van der Waals surface area contributed by atoms with Gasteiger partial charge in [-0.1, -0.05) is 99.8 Å². The van der Waals surface area contributed by atoms with Crippen LogP contribution in [0, 0.1) is 23.7 Å². The topological polar surface area (TPSA) is 91.8 Å². The number of phenolic OH excluding ortho intramolecular Hbond substituents is 1. The number of anilines is 1. The molecule has 4 aromatic rings. The number of fused-ring (bicyclic) bond motifs is 4. The van der Waals surface area contributed by atoms with Gasteiger partial charge >= 0.3 is 0 Å². The van der Waals surface area contributed by atoms with Crippen molar-refractivity contribution in [3.05, 3.63) is 147 Å². The Kier molecular flexibility index (Phi) is 7.38. The highest BCUT2D eigenvalue weighted by atomic mass is 79.9. The smallest absolute Gasteiger partial charge is 0.238 e. The largest absolute Gasteiger partial charge is 0.508 e. The number of ketones is 2. The summed E-state index contributed by atoms with van der Waals surface area (Å²) in [5.74, 6) is -4.77. The lowest BCUT2D eigenvalue weighted by atomic mass is 9.44. The zero-order valence-electron chi connectivity index (χ0n) is 25.6. The minimum Gasteiger partial charge on any atom is -0.508 e. The molecule has 8 heteroatoms. The molecule has 0 bridgehead atoms. The zero-order valence-corrected chi connectivity index (χ0v) is 27.9. The Hall–Kier alpha value is -4.59. The molecule has 238 valence electrons.